The largest absolute Gasteiger partial charge is 0.379 e. The average Bonchev–Trinajstić information content (AvgIpc) is 3.36. The summed E-state index contributed by atoms with van der Waals surface area (Å²) in [6, 6.07) is 12.8. The van der Waals surface area contributed by atoms with Gasteiger partial charge in [0.2, 0.25) is 5.69 Å². The molecule has 0 saturated heterocycles. The van der Waals surface area contributed by atoms with Crippen molar-refractivity contribution in [2.75, 3.05) is 0 Å². The Morgan fingerprint density at radius 1 is 1.00 bits per heavy atom. The maximum atomic E-state index is 12.9. The lowest BCUT2D eigenvalue weighted by molar-refractivity contribution is -0.133. The van der Waals surface area contributed by atoms with Crippen LogP contribution in [0, 0.1) is 5.92 Å². The fraction of sp³-hybridized carbons (Fsp3) is 0.300. The molecule has 0 aromatic heterocycles. The molecule has 5 heteroatoms. The zero-order chi connectivity index (χ0) is 18.0. The number of hydrogen-bond donors (Lipinski definition) is 0. The van der Waals surface area contributed by atoms with Gasteiger partial charge in [0.1, 0.15) is 10.0 Å². The van der Waals surface area contributed by atoms with Crippen LogP contribution in [0.5, 0.6) is 0 Å². The van der Waals surface area contributed by atoms with Gasteiger partial charge in [-0.3, -0.25) is 0 Å². The van der Waals surface area contributed by atoms with Crippen molar-refractivity contribution < 1.29 is 9.59 Å². The minimum absolute atomic E-state index is 0.143. The molecule has 0 N–H and O–H groups in total. The maximum Gasteiger partial charge on any atom is 0.379 e. The van der Waals surface area contributed by atoms with E-state index >= 15 is 0 Å². The molecule has 2 aromatic carbocycles. The van der Waals surface area contributed by atoms with Crippen LogP contribution in [0.25, 0.3) is 0 Å². The lowest BCUT2D eigenvalue weighted by Gasteiger charge is -2.11. The van der Waals surface area contributed by atoms with E-state index in [0.29, 0.717) is 0 Å². The van der Waals surface area contributed by atoms with Gasteiger partial charge in [0.15, 0.2) is 0 Å². The summed E-state index contributed by atoms with van der Waals surface area (Å²) >= 11 is 12.4. The monoisotopic (exact) mass is 375 g/mol. The van der Waals surface area contributed by atoms with Crippen molar-refractivity contribution in [3.8, 4) is 0 Å². The Kier molecular flexibility index (Phi) is 5.57. The summed E-state index contributed by atoms with van der Waals surface area (Å²) in [5.74, 6) is -0.0106. The van der Waals surface area contributed by atoms with E-state index in [1.807, 2.05) is 18.2 Å². The summed E-state index contributed by atoms with van der Waals surface area (Å²) in [5, 5.41) is 0.560. The highest BCUT2D eigenvalue weighted by Crippen LogP contribution is 2.35. The highest BCUT2D eigenvalue weighted by atomic mass is 35.5. The third-order valence-corrected chi connectivity index (χ3v) is 5.00. The van der Waals surface area contributed by atoms with Gasteiger partial charge < -0.3 is 0 Å². The highest BCUT2D eigenvalue weighted by molar-refractivity contribution is 6.39. The first-order valence-electron chi connectivity index (χ1n) is 8.31. The molecule has 0 unspecified atom stereocenters. The Bertz CT molecular complexity index is 795. The lowest BCUT2D eigenvalue weighted by atomic mass is 9.99. The van der Waals surface area contributed by atoms with Crippen LogP contribution in [0.2, 0.25) is 10.0 Å². The van der Waals surface area contributed by atoms with E-state index in [1.54, 1.807) is 18.2 Å². The molecule has 129 valence electrons. The van der Waals surface area contributed by atoms with E-state index in [4.69, 9.17) is 23.2 Å². The topological polar surface area (TPSA) is 40.0 Å². The van der Waals surface area contributed by atoms with E-state index in [-0.39, 0.29) is 28.1 Å². The number of amides is 2. The van der Waals surface area contributed by atoms with E-state index in [2.05, 4.69) is 6.07 Å². The lowest BCUT2D eigenvalue weighted by Crippen LogP contribution is -2.38. The van der Waals surface area contributed by atoms with Gasteiger partial charge in [0.25, 0.3) is 0 Å². The second kappa shape index (κ2) is 7.69. The molecular weight excluding hydrogens is 357 g/mol. The van der Waals surface area contributed by atoms with Crippen LogP contribution in [-0.4, -0.2) is 11.8 Å². The third-order valence-electron chi connectivity index (χ3n) is 4.39. The minimum atomic E-state index is -0.403. The van der Waals surface area contributed by atoms with Crippen molar-refractivity contribution in [2.24, 2.45) is 5.92 Å². The zero-order valence-corrected chi connectivity index (χ0v) is 15.5. The number of nitrogens with zero attached hydrogens (tertiary/aromatic N) is 1. The van der Waals surface area contributed by atoms with Gasteiger partial charge in [-0.2, -0.15) is 0 Å². The van der Waals surface area contributed by atoms with Crippen LogP contribution in [-0.2, 0) is 22.4 Å². The number of carbonyl (C=O) groups excluding carboxylic acids is 2. The molecule has 0 aliphatic heterocycles. The van der Waals surface area contributed by atoms with Crippen molar-refractivity contribution in [2.45, 2.75) is 32.6 Å². The summed E-state index contributed by atoms with van der Waals surface area (Å²) in [6.45, 7) is 1.34. The number of rotatable bonds is 5. The average molecular weight is 376 g/mol. The first-order valence-corrected chi connectivity index (χ1v) is 9.07. The van der Waals surface area contributed by atoms with Gasteiger partial charge in [-0.1, -0.05) is 53.5 Å². The van der Waals surface area contributed by atoms with Gasteiger partial charge in [-0.15, -0.1) is 0 Å². The Hall–Kier alpha value is -1.68. The quantitative estimate of drug-likeness (QED) is 0.687. The van der Waals surface area contributed by atoms with Gasteiger partial charge in [0, 0.05) is 4.90 Å². The molecule has 1 saturated carbocycles. The molecule has 25 heavy (non-hydrogen) atoms. The minimum Gasteiger partial charge on any atom is -0.224 e. The van der Waals surface area contributed by atoms with E-state index in [1.165, 1.54) is 25.3 Å². The number of halogens is 2. The number of para-hydroxylation sites is 1. The van der Waals surface area contributed by atoms with Gasteiger partial charge in [0.05, 0.1) is 13.3 Å². The second-order valence-corrected chi connectivity index (χ2v) is 7.23. The van der Waals surface area contributed by atoms with Crippen LogP contribution in [0.3, 0.4) is 0 Å². The molecule has 1 aliphatic carbocycles. The van der Waals surface area contributed by atoms with Crippen molar-refractivity contribution in [3.05, 3.63) is 63.6 Å². The molecule has 1 radical (unpaired) electrons. The summed E-state index contributed by atoms with van der Waals surface area (Å²) in [7, 11) is 0. The third kappa shape index (κ3) is 4.30. The van der Waals surface area contributed by atoms with E-state index < -0.39 is 5.91 Å². The molecular formula is C20H19Cl2NO2+. The van der Waals surface area contributed by atoms with Crippen molar-refractivity contribution >= 4 is 40.7 Å². The Labute approximate surface area is 157 Å². The van der Waals surface area contributed by atoms with E-state index in [9.17, 15) is 9.59 Å². The molecule has 2 aromatic rings. The van der Waals surface area contributed by atoms with Crippen molar-refractivity contribution in [3.63, 3.8) is 0 Å². The first kappa shape index (κ1) is 18.1. The number of carbonyl (C=O) groups is 2. The first-order chi connectivity index (χ1) is 12.0. The van der Waals surface area contributed by atoms with Crippen LogP contribution in [0.1, 0.15) is 30.9 Å². The molecule has 0 bridgehead atoms. The summed E-state index contributed by atoms with van der Waals surface area (Å²) < 4.78 is 0. The standard InChI is InChI=1S/C20H19Cl2NO2/c1-13(24)23(20-17(21)7-4-8-18(20)22)19(25)12-16-6-3-2-5-15(16)11-14-9-10-14/h2-8,14H,9-12H2,1H3/q+1. The van der Waals surface area contributed by atoms with Gasteiger partial charge in [-0.05, 0) is 48.4 Å². The SMILES string of the molecule is CC(=O)[N+](C(=O)Cc1ccccc1CC1CC1)c1c(Cl)cccc1Cl. The van der Waals surface area contributed by atoms with Crippen molar-refractivity contribution in [1.29, 1.82) is 0 Å². The second-order valence-electron chi connectivity index (χ2n) is 6.41. The smallest absolute Gasteiger partial charge is 0.224 e. The Morgan fingerprint density at radius 3 is 2.16 bits per heavy atom. The van der Waals surface area contributed by atoms with Gasteiger partial charge >= 0.3 is 11.8 Å². The number of benzene rings is 2. The van der Waals surface area contributed by atoms with E-state index in [0.717, 1.165) is 22.8 Å². The number of anilines is 1. The van der Waals surface area contributed by atoms with Crippen LogP contribution in [0.4, 0.5) is 5.69 Å². The summed E-state index contributed by atoms with van der Waals surface area (Å²) in [5.41, 5.74) is 2.38. The summed E-state index contributed by atoms with van der Waals surface area (Å²) in [6.07, 6.45) is 3.62. The molecule has 1 aliphatic rings. The highest BCUT2D eigenvalue weighted by Gasteiger charge is 2.38. The summed E-state index contributed by atoms with van der Waals surface area (Å²) in [4.78, 5) is 26.1. The Balaban J connectivity index is 1.89. The fourth-order valence-electron chi connectivity index (χ4n) is 2.96. The molecule has 0 spiro atoms. The number of imide groups is 1. The maximum absolute atomic E-state index is 12.9. The predicted molar refractivity (Wildman–Crippen MR) is 101 cm³/mol. The molecule has 0 heterocycles. The molecule has 2 amide bonds. The predicted octanol–water partition coefficient (Wildman–Crippen LogP) is 5.03. The molecule has 3 nitrogen and oxygen atoms in total. The van der Waals surface area contributed by atoms with Crippen LogP contribution >= 0.6 is 23.2 Å². The normalized spacial score (nSPS) is 13.9. The fourth-order valence-corrected chi connectivity index (χ4v) is 3.53. The van der Waals surface area contributed by atoms with Gasteiger partial charge in [-0.25, -0.2) is 9.59 Å². The zero-order valence-electron chi connectivity index (χ0n) is 14.0. The Morgan fingerprint density at radius 2 is 1.60 bits per heavy atom. The molecule has 3 rings (SSSR count). The number of hydrogen-bond acceptors (Lipinski definition) is 2. The van der Waals surface area contributed by atoms with Crippen LogP contribution in [0.15, 0.2) is 42.5 Å². The molecule has 1 fully saturated rings. The van der Waals surface area contributed by atoms with Crippen molar-refractivity contribution in [1.82, 2.24) is 4.90 Å². The molecule has 0 atom stereocenters. The van der Waals surface area contributed by atoms with Crippen LogP contribution < -0.4 is 4.90 Å².